The van der Waals surface area contributed by atoms with Gasteiger partial charge in [0.1, 0.15) is 5.82 Å². The van der Waals surface area contributed by atoms with Gasteiger partial charge in [0.25, 0.3) is 0 Å². The van der Waals surface area contributed by atoms with E-state index in [1.807, 2.05) is 6.07 Å². The Morgan fingerprint density at radius 2 is 2.17 bits per heavy atom. The van der Waals surface area contributed by atoms with E-state index in [9.17, 15) is 4.39 Å². The summed E-state index contributed by atoms with van der Waals surface area (Å²) in [6.45, 7) is 0. The Labute approximate surface area is 110 Å². The largest absolute Gasteiger partial charge is 0.409 e. The van der Waals surface area contributed by atoms with Crippen molar-refractivity contribution in [3.8, 4) is 0 Å². The van der Waals surface area contributed by atoms with E-state index in [0.29, 0.717) is 5.92 Å². The highest BCUT2D eigenvalue weighted by Gasteiger charge is 2.18. The minimum Gasteiger partial charge on any atom is -0.409 e. The summed E-state index contributed by atoms with van der Waals surface area (Å²) in [4.78, 5) is 0.747. The van der Waals surface area contributed by atoms with Crippen LogP contribution in [0.3, 0.4) is 0 Å². The van der Waals surface area contributed by atoms with Gasteiger partial charge in [-0.1, -0.05) is 24.1 Å². The lowest BCUT2D eigenvalue weighted by Gasteiger charge is -2.12. The van der Waals surface area contributed by atoms with Gasteiger partial charge in [-0.3, -0.25) is 0 Å². The quantitative estimate of drug-likeness (QED) is 0.290. The van der Waals surface area contributed by atoms with Gasteiger partial charge in [0.2, 0.25) is 0 Å². The number of rotatable bonds is 4. The minimum atomic E-state index is -0.443. The van der Waals surface area contributed by atoms with Crippen LogP contribution in [0.4, 0.5) is 4.39 Å². The summed E-state index contributed by atoms with van der Waals surface area (Å²) in [5, 5.41) is 11.6. The lowest BCUT2D eigenvalue weighted by Crippen LogP contribution is -2.16. The van der Waals surface area contributed by atoms with E-state index in [-0.39, 0.29) is 11.4 Å². The summed E-state index contributed by atoms with van der Waals surface area (Å²) >= 11 is 1.59. The molecule has 0 saturated heterocycles. The third-order valence-corrected chi connectivity index (χ3v) is 4.58. The zero-order valence-electron chi connectivity index (χ0n) is 10.1. The highest BCUT2D eigenvalue weighted by molar-refractivity contribution is 7.99. The van der Waals surface area contributed by atoms with Crippen LogP contribution in [-0.2, 0) is 0 Å². The van der Waals surface area contributed by atoms with Crippen LogP contribution in [0.25, 0.3) is 0 Å². The summed E-state index contributed by atoms with van der Waals surface area (Å²) in [5.41, 5.74) is 5.74. The van der Waals surface area contributed by atoms with Gasteiger partial charge in [-0.25, -0.2) is 4.39 Å². The maximum atomic E-state index is 13.7. The van der Waals surface area contributed by atoms with Gasteiger partial charge in [0.05, 0.1) is 5.56 Å². The van der Waals surface area contributed by atoms with E-state index in [1.54, 1.807) is 17.8 Å². The molecule has 3 N–H and O–H groups in total. The second kappa shape index (κ2) is 6.09. The maximum absolute atomic E-state index is 13.7. The van der Waals surface area contributed by atoms with Crippen LogP contribution in [0, 0.1) is 11.7 Å². The van der Waals surface area contributed by atoms with Crippen molar-refractivity contribution in [1.29, 1.82) is 0 Å². The van der Waals surface area contributed by atoms with Crippen LogP contribution >= 0.6 is 11.8 Å². The molecule has 0 atom stereocenters. The first-order valence-electron chi connectivity index (χ1n) is 6.11. The average Bonchev–Trinajstić information content (AvgIpc) is 2.88. The predicted octanol–water partition coefficient (Wildman–Crippen LogP) is 3.20. The topological polar surface area (TPSA) is 58.6 Å². The van der Waals surface area contributed by atoms with Crippen molar-refractivity contribution in [2.24, 2.45) is 16.8 Å². The highest BCUT2D eigenvalue weighted by atomic mass is 32.2. The Kier molecular flexibility index (Phi) is 4.47. The number of hydrogen-bond donors (Lipinski definition) is 2. The van der Waals surface area contributed by atoms with Crippen molar-refractivity contribution in [3.63, 3.8) is 0 Å². The molecule has 1 saturated carbocycles. The first-order valence-corrected chi connectivity index (χ1v) is 7.10. The number of benzene rings is 1. The fourth-order valence-corrected chi connectivity index (χ4v) is 3.58. The molecule has 1 fully saturated rings. The molecule has 0 aromatic heterocycles. The van der Waals surface area contributed by atoms with Crippen molar-refractivity contribution in [2.75, 3.05) is 5.75 Å². The van der Waals surface area contributed by atoms with Crippen molar-refractivity contribution < 1.29 is 9.60 Å². The fraction of sp³-hybridized carbons (Fsp3) is 0.462. The smallest absolute Gasteiger partial charge is 0.174 e. The molecule has 0 unspecified atom stereocenters. The van der Waals surface area contributed by atoms with Gasteiger partial charge in [0, 0.05) is 10.6 Å². The normalized spacial score (nSPS) is 17.3. The molecule has 2 rings (SSSR count). The number of oxime groups is 1. The van der Waals surface area contributed by atoms with Gasteiger partial charge in [-0.15, -0.1) is 11.8 Å². The van der Waals surface area contributed by atoms with Crippen molar-refractivity contribution >= 4 is 17.6 Å². The summed E-state index contributed by atoms with van der Waals surface area (Å²) in [6.07, 6.45) is 5.09. The second-order valence-electron chi connectivity index (χ2n) is 4.56. The monoisotopic (exact) mass is 268 g/mol. The first-order chi connectivity index (χ1) is 8.72. The molecular formula is C13H17FN2OS. The van der Waals surface area contributed by atoms with Crippen molar-refractivity contribution in [2.45, 2.75) is 30.6 Å². The molecule has 5 heteroatoms. The summed E-state index contributed by atoms with van der Waals surface area (Å²) < 4.78 is 13.7. The Morgan fingerprint density at radius 1 is 1.44 bits per heavy atom. The summed E-state index contributed by atoms with van der Waals surface area (Å²) in [7, 11) is 0. The van der Waals surface area contributed by atoms with E-state index in [1.165, 1.54) is 31.7 Å². The Balaban J connectivity index is 2.13. The van der Waals surface area contributed by atoms with Crippen LogP contribution in [0.15, 0.2) is 28.3 Å². The molecule has 3 nitrogen and oxygen atoms in total. The Bertz CT molecular complexity index is 445. The SMILES string of the molecule is NC(=NO)c1c(F)cccc1SCC1CCCC1. The highest BCUT2D eigenvalue weighted by Crippen LogP contribution is 2.32. The zero-order valence-corrected chi connectivity index (χ0v) is 10.9. The summed E-state index contributed by atoms with van der Waals surface area (Å²) in [5.74, 6) is 1.07. The molecule has 98 valence electrons. The van der Waals surface area contributed by atoms with Gasteiger partial charge in [-0.05, 0) is 30.9 Å². The van der Waals surface area contributed by atoms with Crippen molar-refractivity contribution in [3.05, 3.63) is 29.6 Å². The number of hydrogen-bond acceptors (Lipinski definition) is 3. The summed E-state index contributed by atoms with van der Waals surface area (Å²) in [6, 6.07) is 4.80. The molecule has 0 spiro atoms. The number of nitrogens with zero attached hydrogens (tertiary/aromatic N) is 1. The molecule has 0 heterocycles. The zero-order chi connectivity index (χ0) is 13.0. The van der Waals surface area contributed by atoms with E-state index in [4.69, 9.17) is 10.9 Å². The third kappa shape index (κ3) is 2.96. The number of thioether (sulfide) groups is 1. The molecule has 0 radical (unpaired) electrons. The lowest BCUT2D eigenvalue weighted by atomic mass is 10.1. The first kappa shape index (κ1) is 13.2. The molecule has 1 aliphatic carbocycles. The predicted molar refractivity (Wildman–Crippen MR) is 71.6 cm³/mol. The van der Waals surface area contributed by atoms with Crippen LogP contribution < -0.4 is 5.73 Å². The van der Waals surface area contributed by atoms with Crippen LogP contribution in [0.2, 0.25) is 0 Å². The van der Waals surface area contributed by atoms with Crippen LogP contribution in [0.5, 0.6) is 0 Å². The number of halogens is 1. The van der Waals surface area contributed by atoms with Gasteiger partial charge < -0.3 is 10.9 Å². The molecule has 0 bridgehead atoms. The van der Waals surface area contributed by atoms with Crippen LogP contribution in [0.1, 0.15) is 31.2 Å². The average molecular weight is 268 g/mol. The lowest BCUT2D eigenvalue weighted by molar-refractivity contribution is 0.318. The van der Waals surface area contributed by atoms with E-state index < -0.39 is 5.82 Å². The fourth-order valence-electron chi connectivity index (χ4n) is 2.31. The number of nitrogens with two attached hydrogens (primary N) is 1. The minimum absolute atomic E-state index is 0.165. The van der Waals surface area contributed by atoms with Gasteiger partial charge in [0.15, 0.2) is 5.84 Å². The second-order valence-corrected chi connectivity index (χ2v) is 5.62. The van der Waals surface area contributed by atoms with Crippen molar-refractivity contribution in [1.82, 2.24) is 0 Å². The van der Waals surface area contributed by atoms with E-state index >= 15 is 0 Å². The molecule has 0 amide bonds. The molecule has 1 aliphatic rings. The van der Waals surface area contributed by atoms with Gasteiger partial charge in [-0.2, -0.15) is 0 Å². The van der Waals surface area contributed by atoms with Crippen LogP contribution in [-0.4, -0.2) is 16.8 Å². The number of amidine groups is 1. The maximum Gasteiger partial charge on any atom is 0.174 e. The Morgan fingerprint density at radius 3 is 2.83 bits per heavy atom. The molecule has 0 aliphatic heterocycles. The standard InChI is InChI=1S/C13H17FN2OS/c14-10-6-3-7-11(12(10)13(15)16-17)18-8-9-4-1-2-5-9/h3,6-7,9,17H,1-2,4-5,8H2,(H2,15,16). The molecule has 1 aromatic carbocycles. The molecule has 18 heavy (non-hydrogen) atoms. The molecule has 1 aromatic rings. The van der Waals surface area contributed by atoms with E-state index in [2.05, 4.69) is 5.16 Å². The Hall–Kier alpha value is -1.23. The third-order valence-electron chi connectivity index (χ3n) is 3.29. The molecular weight excluding hydrogens is 251 g/mol. The van der Waals surface area contributed by atoms with Gasteiger partial charge >= 0.3 is 0 Å². The van der Waals surface area contributed by atoms with E-state index in [0.717, 1.165) is 10.6 Å².